The predicted molar refractivity (Wildman–Crippen MR) is 31.7 cm³/mol. The van der Waals surface area contributed by atoms with E-state index in [1.165, 1.54) is 6.92 Å². The molecule has 8 heavy (non-hydrogen) atoms. The molecule has 0 aliphatic heterocycles. The standard InChI is InChI=1S/C6H10O2/c1-3-6(4-7)5(2)8/h4,7H,3H2,1-2H3/b6-4-. The van der Waals surface area contributed by atoms with Gasteiger partial charge in [-0.1, -0.05) is 6.92 Å². The molecule has 0 saturated carbocycles. The van der Waals surface area contributed by atoms with Crippen molar-refractivity contribution >= 4 is 5.78 Å². The summed E-state index contributed by atoms with van der Waals surface area (Å²) in [6.07, 6.45) is 1.47. The highest BCUT2D eigenvalue weighted by Crippen LogP contribution is 1.98. The summed E-state index contributed by atoms with van der Waals surface area (Å²) in [6.45, 7) is 3.26. The van der Waals surface area contributed by atoms with Crippen LogP contribution in [0.1, 0.15) is 20.3 Å². The first-order valence-electron chi connectivity index (χ1n) is 2.56. The van der Waals surface area contributed by atoms with Gasteiger partial charge in [0.15, 0.2) is 5.78 Å². The van der Waals surface area contributed by atoms with Crippen LogP contribution in [0, 0.1) is 0 Å². The molecule has 2 heteroatoms. The number of carbonyl (C=O) groups is 1. The molecule has 2 nitrogen and oxygen atoms in total. The fourth-order valence-corrected chi connectivity index (χ4v) is 0.431. The maximum atomic E-state index is 10.4. The van der Waals surface area contributed by atoms with Crippen molar-refractivity contribution in [2.24, 2.45) is 0 Å². The van der Waals surface area contributed by atoms with Crippen molar-refractivity contribution in [2.45, 2.75) is 20.3 Å². The second-order valence-electron chi connectivity index (χ2n) is 1.56. The summed E-state index contributed by atoms with van der Waals surface area (Å²) in [6, 6.07) is 0. The molecular formula is C6H10O2. The number of Topliss-reactive ketones (excluding diaryl/α,β-unsaturated/α-hetero) is 1. The van der Waals surface area contributed by atoms with E-state index >= 15 is 0 Å². The SMILES string of the molecule is CC/C(=C/O)C(C)=O. The quantitative estimate of drug-likeness (QED) is 0.435. The molecule has 0 fully saturated rings. The molecule has 0 rings (SSSR count). The lowest BCUT2D eigenvalue weighted by Crippen LogP contribution is -1.93. The maximum Gasteiger partial charge on any atom is 0.158 e. The molecule has 46 valence electrons. The summed E-state index contributed by atoms with van der Waals surface area (Å²) < 4.78 is 0. The molecule has 0 aromatic rings. The maximum absolute atomic E-state index is 10.4. The third kappa shape index (κ3) is 1.78. The van der Waals surface area contributed by atoms with E-state index in [4.69, 9.17) is 5.11 Å². The van der Waals surface area contributed by atoms with Crippen LogP contribution in [-0.4, -0.2) is 10.9 Å². The number of allylic oxidation sites excluding steroid dienone is 1. The van der Waals surface area contributed by atoms with Crippen LogP contribution in [0.2, 0.25) is 0 Å². The minimum atomic E-state index is -0.0602. The Kier molecular flexibility index (Phi) is 2.92. The van der Waals surface area contributed by atoms with E-state index in [-0.39, 0.29) is 5.78 Å². The van der Waals surface area contributed by atoms with E-state index in [1.807, 2.05) is 6.92 Å². The van der Waals surface area contributed by atoms with Gasteiger partial charge < -0.3 is 5.11 Å². The first kappa shape index (κ1) is 7.21. The summed E-state index contributed by atoms with van der Waals surface area (Å²) >= 11 is 0. The Hall–Kier alpha value is -0.790. The van der Waals surface area contributed by atoms with E-state index in [2.05, 4.69) is 0 Å². The third-order valence-electron chi connectivity index (χ3n) is 0.989. The average molecular weight is 114 g/mol. The molecule has 0 spiro atoms. The Bertz CT molecular complexity index is 114. The van der Waals surface area contributed by atoms with Gasteiger partial charge in [0, 0.05) is 5.57 Å². The summed E-state index contributed by atoms with van der Waals surface area (Å²) in [5.74, 6) is -0.0602. The van der Waals surface area contributed by atoms with Crippen LogP contribution in [0.4, 0.5) is 0 Å². The second kappa shape index (κ2) is 3.24. The zero-order chi connectivity index (χ0) is 6.57. The Morgan fingerprint density at radius 2 is 2.25 bits per heavy atom. The van der Waals surface area contributed by atoms with Gasteiger partial charge in [-0.2, -0.15) is 0 Å². The monoisotopic (exact) mass is 114 g/mol. The highest BCUT2D eigenvalue weighted by atomic mass is 16.2. The number of rotatable bonds is 2. The van der Waals surface area contributed by atoms with Gasteiger partial charge in [0.25, 0.3) is 0 Å². The van der Waals surface area contributed by atoms with E-state index in [0.717, 1.165) is 6.26 Å². The predicted octanol–water partition coefficient (Wildman–Crippen LogP) is 1.43. The van der Waals surface area contributed by atoms with Gasteiger partial charge in [-0.25, -0.2) is 0 Å². The number of ketones is 1. The van der Waals surface area contributed by atoms with Crippen LogP contribution >= 0.6 is 0 Å². The molecule has 0 saturated heterocycles. The molecule has 0 aliphatic carbocycles. The fourth-order valence-electron chi connectivity index (χ4n) is 0.431. The van der Waals surface area contributed by atoms with E-state index in [0.29, 0.717) is 12.0 Å². The lowest BCUT2D eigenvalue weighted by Gasteiger charge is -1.91. The molecule has 0 amide bonds. The molecule has 0 atom stereocenters. The molecular weight excluding hydrogens is 104 g/mol. The molecule has 1 N–H and O–H groups in total. The van der Waals surface area contributed by atoms with Crippen LogP contribution < -0.4 is 0 Å². The van der Waals surface area contributed by atoms with Gasteiger partial charge in [-0.05, 0) is 13.3 Å². The lowest BCUT2D eigenvalue weighted by atomic mass is 10.2. The number of hydrogen-bond donors (Lipinski definition) is 1. The van der Waals surface area contributed by atoms with Crippen molar-refractivity contribution in [1.29, 1.82) is 0 Å². The van der Waals surface area contributed by atoms with Crippen LogP contribution in [0.5, 0.6) is 0 Å². The number of carbonyl (C=O) groups excluding carboxylic acids is 1. The molecule has 0 radical (unpaired) electrons. The zero-order valence-corrected chi connectivity index (χ0v) is 5.14. The van der Waals surface area contributed by atoms with Crippen molar-refractivity contribution < 1.29 is 9.90 Å². The van der Waals surface area contributed by atoms with Crippen LogP contribution in [-0.2, 0) is 4.79 Å². The van der Waals surface area contributed by atoms with E-state index < -0.39 is 0 Å². The summed E-state index contributed by atoms with van der Waals surface area (Å²) in [4.78, 5) is 10.4. The topological polar surface area (TPSA) is 37.3 Å². The van der Waals surface area contributed by atoms with Crippen molar-refractivity contribution in [3.8, 4) is 0 Å². The Morgan fingerprint density at radius 3 is 2.25 bits per heavy atom. The largest absolute Gasteiger partial charge is 0.515 e. The van der Waals surface area contributed by atoms with Gasteiger partial charge >= 0.3 is 0 Å². The van der Waals surface area contributed by atoms with Crippen molar-refractivity contribution in [3.05, 3.63) is 11.8 Å². The zero-order valence-electron chi connectivity index (χ0n) is 5.14. The second-order valence-corrected chi connectivity index (χ2v) is 1.56. The Balaban J connectivity index is 3.92. The van der Waals surface area contributed by atoms with Crippen LogP contribution in [0.15, 0.2) is 11.8 Å². The molecule has 0 aromatic heterocycles. The van der Waals surface area contributed by atoms with Crippen LogP contribution in [0.25, 0.3) is 0 Å². The smallest absolute Gasteiger partial charge is 0.158 e. The molecule has 0 unspecified atom stereocenters. The lowest BCUT2D eigenvalue weighted by molar-refractivity contribution is -0.113. The summed E-state index contributed by atoms with van der Waals surface area (Å²) in [7, 11) is 0. The minimum absolute atomic E-state index is 0.0602. The van der Waals surface area contributed by atoms with Crippen LogP contribution in [0.3, 0.4) is 0 Å². The first-order valence-corrected chi connectivity index (χ1v) is 2.56. The van der Waals surface area contributed by atoms with Gasteiger partial charge in [-0.15, -0.1) is 0 Å². The fraction of sp³-hybridized carbons (Fsp3) is 0.500. The minimum Gasteiger partial charge on any atom is -0.515 e. The number of aliphatic hydroxyl groups is 1. The van der Waals surface area contributed by atoms with Gasteiger partial charge in [0.2, 0.25) is 0 Å². The van der Waals surface area contributed by atoms with Gasteiger partial charge in [-0.3, -0.25) is 4.79 Å². The van der Waals surface area contributed by atoms with Crippen molar-refractivity contribution in [1.82, 2.24) is 0 Å². The highest BCUT2D eigenvalue weighted by molar-refractivity contribution is 5.92. The number of aliphatic hydroxyl groups excluding tert-OH is 1. The molecule has 0 aromatic carbocycles. The highest BCUT2D eigenvalue weighted by Gasteiger charge is 1.97. The molecule has 0 bridgehead atoms. The normalized spacial score (nSPS) is 11.5. The third-order valence-corrected chi connectivity index (χ3v) is 0.989. The van der Waals surface area contributed by atoms with E-state index in [9.17, 15) is 4.79 Å². The average Bonchev–Trinajstić information content (AvgIpc) is 1.69. The Morgan fingerprint density at radius 1 is 1.75 bits per heavy atom. The molecule has 0 aliphatic rings. The van der Waals surface area contributed by atoms with E-state index in [1.54, 1.807) is 0 Å². The van der Waals surface area contributed by atoms with Gasteiger partial charge in [0.1, 0.15) is 0 Å². The summed E-state index contributed by atoms with van der Waals surface area (Å²) in [5, 5.41) is 8.31. The summed E-state index contributed by atoms with van der Waals surface area (Å²) in [5.41, 5.74) is 0.477. The van der Waals surface area contributed by atoms with Gasteiger partial charge in [0.05, 0.1) is 6.26 Å². The first-order chi connectivity index (χ1) is 3.72. The number of hydrogen-bond acceptors (Lipinski definition) is 2. The van der Waals surface area contributed by atoms with Crippen molar-refractivity contribution in [3.63, 3.8) is 0 Å². The van der Waals surface area contributed by atoms with Crippen molar-refractivity contribution in [2.75, 3.05) is 0 Å². The Labute approximate surface area is 48.8 Å². The molecule has 0 heterocycles.